The fraction of sp³-hybridized carbons (Fsp3) is 0.240. The largest absolute Gasteiger partial charge is 0.495 e. The number of carbonyl (C=O) groups excluding carboxylic acids is 1. The quantitative estimate of drug-likeness (QED) is 0.593. The number of anilines is 2. The van der Waals surface area contributed by atoms with Crippen LogP contribution in [0.3, 0.4) is 0 Å². The third kappa shape index (κ3) is 4.21. The van der Waals surface area contributed by atoms with Crippen molar-refractivity contribution in [2.75, 3.05) is 23.3 Å². The summed E-state index contributed by atoms with van der Waals surface area (Å²) in [6.07, 6.45) is 2.41. The van der Waals surface area contributed by atoms with E-state index in [0.717, 1.165) is 30.4 Å². The van der Waals surface area contributed by atoms with Gasteiger partial charge in [0.1, 0.15) is 10.6 Å². The van der Waals surface area contributed by atoms with Crippen molar-refractivity contribution >= 4 is 27.3 Å². The van der Waals surface area contributed by atoms with Gasteiger partial charge in [-0.2, -0.15) is 0 Å². The lowest BCUT2D eigenvalue weighted by Crippen LogP contribution is -2.35. The molecule has 1 N–H and O–H groups in total. The molecule has 3 aromatic rings. The van der Waals surface area contributed by atoms with Crippen molar-refractivity contribution in [1.29, 1.82) is 0 Å². The Kier molecular flexibility index (Phi) is 6.19. The van der Waals surface area contributed by atoms with E-state index < -0.39 is 10.0 Å². The van der Waals surface area contributed by atoms with Crippen LogP contribution in [0.4, 0.5) is 11.4 Å². The summed E-state index contributed by atoms with van der Waals surface area (Å²) in [6, 6.07) is 19.6. The maximum atomic E-state index is 13.7. The van der Waals surface area contributed by atoms with E-state index in [1.807, 2.05) is 55.5 Å². The highest BCUT2D eigenvalue weighted by atomic mass is 32.2. The number of nitrogens with one attached hydrogen (secondary N) is 1. The molecule has 1 heterocycles. The van der Waals surface area contributed by atoms with E-state index in [9.17, 15) is 13.2 Å². The third-order valence-corrected chi connectivity index (χ3v) is 7.49. The Balaban J connectivity index is 1.70. The Hall–Kier alpha value is -3.32. The first kappa shape index (κ1) is 21.9. The van der Waals surface area contributed by atoms with E-state index in [0.29, 0.717) is 17.9 Å². The van der Waals surface area contributed by atoms with Gasteiger partial charge in [0.25, 0.3) is 15.9 Å². The summed E-state index contributed by atoms with van der Waals surface area (Å²) >= 11 is 0. The molecule has 7 heteroatoms. The molecular formula is C25H26N2O4S. The van der Waals surface area contributed by atoms with E-state index >= 15 is 0 Å². The third-order valence-electron chi connectivity index (χ3n) is 5.65. The Labute approximate surface area is 188 Å². The van der Waals surface area contributed by atoms with Crippen LogP contribution in [-0.2, 0) is 22.9 Å². The summed E-state index contributed by atoms with van der Waals surface area (Å²) in [4.78, 5) is 12.9. The van der Waals surface area contributed by atoms with Crippen LogP contribution in [0.1, 0.15) is 34.8 Å². The zero-order valence-electron chi connectivity index (χ0n) is 18.2. The second-order valence-corrected chi connectivity index (χ2v) is 9.51. The summed E-state index contributed by atoms with van der Waals surface area (Å²) in [5, 5.41) is 2.86. The number of benzene rings is 3. The predicted molar refractivity (Wildman–Crippen MR) is 126 cm³/mol. The number of hydrogen-bond donors (Lipinski definition) is 1. The smallest absolute Gasteiger partial charge is 0.268 e. The molecule has 0 radical (unpaired) electrons. The molecule has 0 aliphatic carbocycles. The van der Waals surface area contributed by atoms with Gasteiger partial charge in [0, 0.05) is 17.8 Å². The molecule has 32 heavy (non-hydrogen) atoms. The zero-order valence-corrected chi connectivity index (χ0v) is 19.0. The molecule has 1 aliphatic heterocycles. The molecule has 1 aliphatic rings. The lowest BCUT2D eigenvalue weighted by atomic mass is 10.0. The van der Waals surface area contributed by atoms with Crippen LogP contribution in [0.2, 0.25) is 0 Å². The molecule has 4 rings (SSSR count). The molecule has 3 aromatic carbocycles. The van der Waals surface area contributed by atoms with Crippen molar-refractivity contribution in [2.45, 2.75) is 31.1 Å². The molecule has 0 unspecified atom stereocenters. The van der Waals surface area contributed by atoms with Gasteiger partial charge in [-0.3, -0.25) is 9.10 Å². The van der Waals surface area contributed by atoms with Gasteiger partial charge in [0.15, 0.2) is 0 Å². The number of rotatable bonds is 6. The van der Waals surface area contributed by atoms with Crippen LogP contribution in [0, 0.1) is 0 Å². The number of nitrogens with zero attached hydrogens (tertiary/aromatic N) is 1. The van der Waals surface area contributed by atoms with E-state index in [-0.39, 0.29) is 22.1 Å². The average molecular weight is 451 g/mol. The van der Waals surface area contributed by atoms with E-state index in [4.69, 9.17) is 4.74 Å². The summed E-state index contributed by atoms with van der Waals surface area (Å²) in [5.74, 6) is -0.172. The van der Waals surface area contributed by atoms with Gasteiger partial charge in [0.05, 0.1) is 12.8 Å². The van der Waals surface area contributed by atoms with Crippen molar-refractivity contribution in [3.63, 3.8) is 0 Å². The second kappa shape index (κ2) is 9.04. The minimum Gasteiger partial charge on any atom is -0.495 e. The molecule has 0 saturated heterocycles. The number of sulfonamides is 1. The van der Waals surface area contributed by atoms with Gasteiger partial charge >= 0.3 is 0 Å². The number of ether oxygens (including phenoxy) is 1. The van der Waals surface area contributed by atoms with E-state index in [2.05, 4.69) is 5.32 Å². The minimum absolute atomic E-state index is 0.0216. The van der Waals surface area contributed by atoms with E-state index in [1.54, 1.807) is 6.07 Å². The van der Waals surface area contributed by atoms with Gasteiger partial charge < -0.3 is 10.1 Å². The maximum absolute atomic E-state index is 13.7. The number of hydrogen-bond acceptors (Lipinski definition) is 4. The molecule has 0 fully saturated rings. The number of para-hydroxylation sites is 1. The normalized spacial score (nSPS) is 13.4. The van der Waals surface area contributed by atoms with Crippen LogP contribution in [0.5, 0.6) is 5.75 Å². The fourth-order valence-corrected chi connectivity index (χ4v) is 5.68. The van der Waals surface area contributed by atoms with Crippen molar-refractivity contribution in [1.82, 2.24) is 0 Å². The van der Waals surface area contributed by atoms with Gasteiger partial charge in [-0.1, -0.05) is 37.3 Å². The highest BCUT2D eigenvalue weighted by Gasteiger charge is 2.32. The molecule has 0 spiro atoms. The second-order valence-electron chi connectivity index (χ2n) is 7.68. The van der Waals surface area contributed by atoms with E-state index in [1.165, 1.54) is 23.5 Å². The maximum Gasteiger partial charge on any atom is 0.268 e. The number of amides is 1. The molecular weight excluding hydrogens is 424 g/mol. The number of carbonyl (C=O) groups is 1. The van der Waals surface area contributed by atoms with Crippen LogP contribution >= 0.6 is 0 Å². The highest BCUT2D eigenvalue weighted by molar-refractivity contribution is 7.93. The summed E-state index contributed by atoms with van der Waals surface area (Å²) in [6.45, 7) is 2.42. The minimum atomic E-state index is -3.93. The number of aryl methyl sites for hydroxylation is 2. The first-order valence-corrected chi connectivity index (χ1v) is 12.1. The van der Waals surface area contributed by atoms with Gasteiger partial charge in [-0.15, -0.1) is 0 Å². The molecule has 0 bridgehead atoms. The van der Waals surface area contributed by atoms with Crippen LogP contribution in [-0.4, -0.2) is 28.0 Å². The van der Waals surface area contributed by atoms with Gasteiger partial charge in [0.2, 0.25) is 0 Å². The van der Waals surface area contributed by atoms with Crippen LogP contribution in [0.25, 0.3) is 0 Å². The fourth-order valence-electron chi connectivity index (χ4n) is 3.96. The lowest BCUT2D eigenvalue weighted by molar-refractivity contribution is 0.102. The van der Waals surface area contributed by atoms with Gasteiger partial charge in [-0.05, 0) is 66.8 Å². The Morgan fingerprint density at radius 2 is 1.88 bits per heavy atom. The van der Waals surface area contributed by atoms with Crippen molar-refractivity contribution in [3.05, 3.63) is 83.4 Å². The van der Waals surface area contributed by atoms with Crippen molar-refractivity contribution in [2.24, 2.45) is 0 Å². The molecule has 0 saturated carbocycles. The zero-order chi connectivity index (χ0) is 22.7. The summed E-state index contributed by atoms with van der Waals surface area (Å²) in [5.41, 5.74) is 3.68. The first-order chi connectivity index (χ1) is 15.4. The van der Waals surface area contributed by atoms with Crippen LogP contribution in [0.15, 0.2) is 71.6 Å². The predicted octanol–water partition coefficient (Wildman–Crippen LogP) is 4.65. The molecule has 0 aromatic heterocycles. The molecule has 166 valence electrons. The SMILES string of the molecule is CCc1cccc(NC(=O)c2ccc(OC)c(S(=O)(=O)N3CCCc4ccccc43)c2)c1. The average Bonchev–Trinajstić information content (AvgIpc) is 2.83. The number of methoxy groups -OCH3 is 1. The standard InChI is InChI=1S/C25H26N2O4S/c1-3-18-8-6-11-21(16-18)26-25(28)20-13-14-23(31-2)24(17-20)32(29,30)27-15-7-10-19-9-4-5-12-22(19)27/h4-6,8-9,11-14,16-17H,3,7,10,15H2,1-2H3,(H,26,28). The lowest BCUT2D eigenvalue weighted by Gasteiger charge is -2.31. The number of fused-ring (bicyclic) bond motifs is 1. The van der Waals surface area contributed by atoms with Gasteiger partial charge in [-0.25, -0.2) is 8.42 Å². The van der Waals surface area contributed by atoms with Crippen molar-refractivity contribution < 1.29 is 17.9 Å². The summed E-state index contributed by atoms with van der Waals surface area (Å²) in [7, 11) is -2.50. The Bertz CT molecular complexity index is 1250. The topological polar surface area (TPSA) is 75.7 Å². The first-order valence-electron chi connectivity index (χ1n) is 10.6. The Morgan fingerprint density at radius 1 is 1.06 bits per heavy atom. The summed E-state index contributed by atoms with van der Waals surface area (Å²) < 4.78 is 34.1. The highest BCUT2D eigenvalue weighted by Crippen LogP contribution is 2.35. The molecule has 0 atom stereocenters. The molecule has 6 nitrogen and oxygen atoms in total. The Morgan fingerprint density at radius 3 is 2.66 bits per heavy atom. The monoisotopic (exact) mass is 450 g/mol. The van der Waals surface area contributed by atoms with Crippen LogP contribution < -0.4 is 14.4 Å². The molecule has 1 amide bonds. The van der Waals surface area contributed by atoms with Crippen molar-refractivity contribution in [3.8, 4) is 5.75 Å².